The largest absolute Gasteiger partial charge is 0.481 e. The number of rotatable bonds is 5. The van der Waals surface area contributed by atoms with Gasteiger partial charge in [-0.3, -0.25) is 9.59 Å². The van der Waals surface area contributed by atoms with Crippen LogP contribution in [0.4, 0.5) is 0 Å². The highest BCUT2D eigenvalue weighted by molar-refractivity contribution is 7.99. The second-order valence-corrected chi connectivity index (χ2v) is 4.28. The molecule has 1 aromatic rings. The fourth-order valence-electron chi connectivity index (χ4n) is 0.969. The van der Waals surface area contributed by atoms with Crippen LogP contribution in [0.5, 0.6) is 0 Å². The van der Waals surface area contributed by atoms with Crippen LogP contribution in [0.3, 0.4) is 0 Å². The molecule has 0 radical (unpaired) electrons. The first-order valence-corrected chi connectivity index (χ1v) is 5.61. The number of aromatic nitrogens is 1. The molecule has 0 aliphatic carbocycles. The third-order valence-corrected chi connectivity index (χ3v) is 3.19. The van der Waals surface area contributed by atoms with E-state index in [9.17, 15) is 9.59 Å². The predicted molar refractivity (Wildman–Crippen MR) is 60.3 cm³/mol. The Kier molecular flexibility index (Phi) is 4.30. The smallest absolute Gasteiger partial charge is 0.307 e. The maximum atomic E-state index is 11.1. The van der Waals surface area contributed by atoms with E-state index in [1.165, 1.54) is 11.8 Å². The lowest BCUT2D eigenvalue weighted by Gasteiger charge is -2.07. The van der Waals surface area contributed by atoms with Gasteiger partial charge in [0.2, 0.25) is 0 Å². The van der Waals surface area contributed by atoms with Gasteiger partial charge in [0, 0.05) is 11.9 Å². The minimum absolute atomic E-state index is 0.324. The number of carboxylic acid groups (broad SMARTS) is 1. The number of pyridine rings is 1. The Hall–Kier alpha value is -1.56. The van der Waals surface area contributed by atoms with Crippen molar-refractivity contribution in [3.8, 4) is 0 Å². The topological polar surface area (TPSA) is 93.3 Å². The monoisotopic (exact) mass is 240 g/mol. The van der Waals surface area contributed by atoms with Gasteiger partial charge in [-0.1, -0.05) is 6.92 Å². The van der Waals surface area contributed by atoms with Crippen molar-refractivity contribution in [1.29, 1.82) is 0 Å². The molecule has 0 fully saturated rings. The molecule has 0 saturated carbocycles. The number of amides is 1. The highest BCUT2D eigenvalue weighted by atomic mass is 32.2. The van der Waals surface area contributed by atoms with Crippen molar-refractivity contribution in [3.05, 3.63) is 23.9 Å². The van der Waals surface area contributed by atoms with Crippen LogP contribution < -0.4 is 5.73 Å². The summed E-state index contributed by atoms with van der Waals surface area (Å²) in [5.41, 5.74) is 5.50. The standard InChI is InChI=1S/C10H12N2O3S/c1-6(10(14)15)5-16-9-7(8(11)13)3-2-4-12-9/h2-4,6H,5H2,1H3,(H2,11,13)(H,14,15). The van der Waals surface area contributed by atoms with E-state index in [1.807, 2.05) is 0 Å². The molecule has 0 bridgehead atoms. The highest BCUT2D eigenvalue weighted by Crippen LogP contribution is 2.22. The molecule has 3 N–H and O–H groups in total. The number of hydrogen-bond acceptors (Lipinski definition) is 4. The van der Waals surface area contributed by atoms with Crippen molar-refractivity contribution in [2.75, 3.05) is 5.75 Å². The van der Waals surface area contributed by atoms with E-state index in [0.717, 1.165) is 0 Å². The summed E-state index contributed by atoms with van der Waals surface area (Å²) in [5.74, 6) is -1.57. The van der Waals surface area contributed by atoms with E-state index in [1.54, 1.807) is 25.3 Å². The Morgan fingerprint density at radius 2 is 2.31 bits per heavy atom. The number of carbonyl (C=O) groups is 2. The fraction of sp³-hybridized carbons (Fsp3) is 0.300. The van der Waals surface area contributed by atoms with E-state index >= 15 is 0 Å². The number of primary amides is 1. The Bertz CT molecular complexity index is 409. The molecule has 1 unspecified atom stereocenters. The van der Waals surface area contributed by atoms with Gasteiger partial charge in [0.1, 0.15) is 5.03 Å². The minimum Gasteiger partial charge on any atom is -0.481 e. The molecule has 1 aromatic heterocycles. The van der Waals surface area contributed by atoms with E-state index in [4.69, 9.17) is 10.8 Å². The van der Waals surface area contributed by atoms with E-state index in [0.29, 0.717) is 16.3 Å². The van der Waals surface area contributed by atoms with Crippen LogP contribution in [0.15, 0.2) is 23.4 Å². The summed E-state index contributed by atoms with van der Waals surface area (Å²) in [4.78, 5) is 25.7. The van der Waals surface area contributed by atoms with Gasteiger partial charge in [-0.15, -0.1) is 11.8 Å². The Labute approximate surface area is 97.1 Å². The Morgan fingerprint density at radius 1 is 1.62 bits per heavy atom. The summed E-state index contributed by atoms with van der Waals surface area (Å²) in [6, 6.07) is 3.19. The number of hydrogen-bond donors (Lipinski definition) is 2. The van der Waals surface area contributed by atoms with E-state index in [2.05, 4.69) is 4.98 Å². The van der Waals surface area contributed by atoms with Crippen molar-refractivity contribution < 1.29 is 14.7 Å². The molecule has 5 nitrogen and oxygen atoms in total. The average Bonchev–Trinajstić information content (AvgIpc) is 2.25. The fourth-order valence-corrected chi connectivity index (χ4v) is 1.98. The van der Waals surface area contributed by atoms with Crippen LogP contribution in [0.2, 0.25) is 0 Å². The summed E-state index contributed by atoms with van der Waals surface area (Å²) in [6.07, 6.45) is 1.54. The maximum absolute atomic E-state index is 11.1. The van der Waals surface area contributed by atoms with Crippen molar-refractivity contribution in [2.45, 2.75) is 11.9 Å². The van der Waals surface area contributed by atoms with Crippen LogP contribution in [0, 0.1) is 5.92 Å². The Balaban J connectivity index is 2.74. The van der Waals surface area contributed by atoms with Gasteiger partial charge in [0.05, 0.1) is 11.5 Å². The highest BCUT2D eigenvalue weighted by Gasteiger charge is 2.14. The zero-order chi connectivity index (χ0) is 12.1. The van der Waals surface area contributed by atoms with Gasteiger partial charge in [-0.25, -0.2) is 4.98 Å². The zero-order valence-electron chi connectivity index (χ0n) is 8.71. The van der Waals surface area contributed by atoms with Crippen LogP contribution in [-0.2, 0) is 4.79 Å². The number of aliphatic carboxylic acids is 1. The molecule has 1 atom stereocenters. The van der Waals surface area contributed by atoms with Gasteiger partial charge in [0.15, 0.2) is 0 Å². The SMILES string of the molecule is CC(CSc1ncccc1C(N)=O)C(=O)O. The first-order valence-electron chi connectivity index (χ1n) is 4.62. The van der Waals surface area contributed by atoms with Crippen LogP contribution >= 0.6 is 11.8 Å². The maximum Gasteiger partial charge on any atom is 0.307 e. The second-order valence-electron chi connectivity index (χ2n) is 3.27. The average molecular weight is 240 g/mol. The molecule has 6 heteroatoms. The quantitative estimate of drug-likeness (QED) is 0.749. The lowest BCUT2D eigenvalue weighted by Crippen LogP contribution is -2.15. The van der Waals surface area contributed by atoms with Gasteiger partial charge in [0.25, 0.3) is 5.91 Å². The summed E-state index contributed by atoms with van der Waals surface area (Å²) in [5, 5.41) is 9.19. The summed E-state index contributed by atoms with van der Waals surface area (Å²) >= 11 is 1.22. The minimum atomic E-state index is -0.871. The third-order valence-electron chi connectivity index (χ3n) is 1.93. The molecule has 1 rings (SSSR count). The molecule has 1 heterocycles. The van der Waals surface area contributed by atoms with Crippen molar-refractivity contribution in [1.82, 2.24) is 4.98 Å². The Morgan fingerprint density at radius 3 is 2.88 bits per heavy atom. The first kappa shape index (κ1) is 12.5. The molecule has 1 amide bonds. The van der Waals surface area contributed by atoms with Crippen LogP contribution in [-0.4, -0.2) is 27.7 Å². The van der Waals surface area contributed by atoms with E-state index in [-0.39, 0.29) is 0 Å². The lowest BCUT2D eigenvalue weighted by molar-refractivity contribution is -0.140. The molecular weight excluding hydrogens is 228 g/mol. The number of nitrogens with zero attached hydrogens (tertiary/aromatic N) is 1. The van der Waals surface area contributed by atoms with E-state index < -0.39 is 17.8 Å². The summed E-state index contributed by atoms with van der Waals surface area (Å²) in [7, 11) is 0. The number of carboxylic acids is 1. The van der Waals surface area contributed by atoms with Gasteiger partial charge in [-0.05, 0) is 12.1 Å². The van der Waals surface area contributed by atoms with Crippen molar-refractivity contribution >= 4 is 23.6 Å². The number of carbonyl (C=O) groups excluding carboxylic acids is 1. The van der Waals surface area contributed by atoms with Crippen molar-refractivity contribution in [2.24, 2.45) is 11.7 Å². The molecule has 0 saturated heterocycles. The van der Waals surface area contributed by atoms with Crippen LogP contribution in [0.25, 0.3) is 0 Å². The number of thioether (sulfide) groups is 1. The predicted octanol–water partition coefficient (Wildman–Crippen LogP) is 0.993. The third kappa shape index (κ3) is 3.23. The first-order chi connectivity index (χ1) is 7.52. The lowest BCUT2D eigenvalue weighted by atomic mass is 10.2. The summed E-state index contributed by atoms with van der Waals surface area (Å²) in [6.45, 7) is 1.60. The van der Waals surface area contributed by atoms with Gasteiger partial charge < -0.3 is 10.8 Å². The molecule has 86 valence electrons. The number of nitrogens with two attached hydrogens (primary N) is 1. The second kappa shape index (κ2) is 5.50. The normalized spacial score (nSPS) is 12.1. The summed E-state index contributed by atoms with van der Waals surface area (Å²) < 4.78 is 0. The zero-order valence-corrected chi connectivity index (χ0v) is 9.53. The van der Waals surface area contributed by atoms with Crippen LogP contribution in [0.1, 0.15) is 17.3 Å². The molecule has 0 spiro atoms. The van der Waals surface area contributed by atoms with Gasteiger partial charge >= 0.3 is 5.97 Å². The molecule has 0 aliphatic heterocycles. The molecule has 0 aliphatic rings. The molecule has 16 heavy (non-hydrogen) atoms. The van der Waals surface area contributed by atoms with Crippen molar-refractivity contribution in [3.63, 3.8) is 0 Å². The van der Waals surface area contributed by atoms with Gasteiger partial charge in [-0.2, -0.15) is 0 Å². The molecular formula is C10H12N2O3S. The molecule has 0 aromatic carbocycles.